The van der Waals surface area contributed by atoms with Crippen LogP contribution in [0.5, 0.6) is 0 Å². The molecule has 0 fully saturated rings. The van der Waals surface area contributed by atoms with E-state index >= 15 is 0 Å². The average molecular weight is 213 g/mol. The summed E-state index contributed by atoms with van der Waals surface area (Å²) in [4.78, 5) is 4.09. The fourth-order valence-electron chi connectivity index (χ4n) is 1.01. The molecule has 0 aliphatic carbocycles. The van der Waals surface area contributed by atoms with Crippen LogP contribution in [-0.4, -0.2) is 4.98 Å². The van der Waals surface area contributed by atoms with Gasteiger partial charge in [0.25, 0.3) is 0 Å². The summed E-state index contributed by atoms with van der Waals surface area (Å²) in [7, 11) is 0. The SMILES string of the molecule is NN=Nc1ccc2nc(Cl)sc2c1. The van der Waals surface area contributed by atoms with Crippen LogP contribution in [0.25, 0.3) is 10.2 Å². The van der Waals surface area contributed by atoms with Gasteiger partial charge in [-0.05, 0) is 18.2 Å². The van der Waals surface area contributed by atoms with Gasteiger partial charge in [0.2, 0.25) is 0 Å². The van der Waals surface area contributed by atoms with Crippen molar-refractivity contribution in [2.45, 2.75) is 0 Å². The lowest BCUT2D eigenvalue weighted by molar-refractivity contribution is 1.06. The summed E-state index contributed by atoms with van der Waals surface area (Å²) in [5, 5.41) is 6.90. The molecule has 0 radical (unpaired) electrons. The summed E-state index contributed by atoms with van der Waals surface area (Å²) < 4.78 is 1.51. The Hall–Kier alpha value is -1.20. The molecule has 2 N–H and O–H groups in total. The number of halogens is 1. The maximum atomic E-state index is 5.74. The van der Waals surface area contributed by atoms with E-state index in [1.165, 1.54) is 11.3 Å². The van der Waals surface area contributed by atoms with Crippen LogP contribution < -0.4 is 5.84 Å². The molecule has 4 nitrogen and oxygen atoms in total. The molecule has 66 valence electrons. The van der Waals surface area contributed by atoms with Gasteiger partial charge < -0.3 is 5.84 Å². The van der Waals surface area contributed by atoms with E-state index in [4.69, 9.17) is 17.4 Å². The van der Waals surface area contributed by atoms with Crippen molar-refractivity contribution in [3.63, 3.8) is 0 Å². The Kier molecular flexibility index (Phi) is 2.12. The predicted molar refractivity (Wildman–Crippen MR) is 53.3 cm³/mol. The van der Waals surface area contributed by atoms with E-state index < -0.39 is 0 Å². The van der Waals surface area contributed by atoms with E-state index in [0.29, 0.717) is 10.2 Å². The lowest BCUT2D eigenvalue weighted by Crippen LogP contribution is -1.73. The fourth-order valence-corrected chi connectivity index (χ4v) is 2.08. The van der Waals surface area contributed by atoms with Gasteiger partial charge in [0.1, 0.15) is 0 Å². The molecule has 0 saturated carbocycles. The second kappa shape index (κ2) is 3.27. The van der Waals surface area contributed by atoms with Gasteiger partial charge in [-0.25, -0.2) is 4.98 Å². The molecule has 1 aromatic carbocycles. The van der Waals surface area contributed by atoms with E-state index in [2.05, 4.69) is 15.3 Å². The topological polar surface area (TPSA) is 63.6 Å². The number of rotatable bonds is 1. The van der Waals surface area contributed by atoms with Crippen molar-refractivity contribution < 1.29 is 0 Å². The van der Waals surface area contributed by atoms with Crippen molar-refractivity contribution in [3.8, 4) is 0 Å². The number of thiazole rings is 1. The highest BCUT2D eigenvalue weighted by Gasteiger charge is 2.01. The van der Waals surface area contributed by atoms with Crippen molar-refractivity contribution >= 4 is 38.8 Å². The third kappa shape index (κ3) is 1.61. The van der Waals surface area contributed by atoms with Crippen LogP contribution >= 0.6 is 22.9 Å². The van der Waals surface area contributed by atoms with E-state index in [9.17, 15) is 0 Å². The smallest absolute Gasteiger partial charge is 0.184 e. The number of fused-ring (bicyclic) bond motifs is 1. The van der Waals surface area contributed by atoms with Crippen LogP contribution in [0.2, 0.25) is 4.47 Å². The fraction of sp³-hybridized carbons (Fsp3) is 0. The maximum absolute atomic E-state index is 5.74. The van der Waals surface area contributed by atoms with Gasteiger partial charge in [-0.3, -0.25) is 0 Å². The number of hydrogen-bond donors (Lipinski definition) is 1. The van der Waals surface area contributed by atoms with E-state index in [1.54, 1.807) is 6.07 Å². The summed E-state index contributed by atoms with van der Waals surface area (Å²) in [6.45, 7) is 0. The first-order valence-electron chi connectivity index (χ1n) is 3.46. The van der Waals surface area contributed by atoms with Crippen LogP contribution in [0.3, 0.4) is 0 Å². The number of nitrogens with zero attached hydrogens (tertiary/aromatic N) is 3. The highest BCUT2D eigenvalue weighted by molar-refractivity contribution is 7.22. The summed E-state index contributed by atoms with van der Waals surface area (Å²) in [6.07, 6.45) is 0. The molecule has 2 rings (SSSR count). The van der Waals surface area contributed by atoms with Crippen LogP contribution in [0.1, 0.15) is 0 Å². The third-order valence-electron chi connectivity index (χ3n) is 1.52. The van der Waals surface area contributed by atoms with Crippen LogP contribution in [0, 0.1) is 0 Å². The molecular formula is C7H5ClN4S. The normalized spacial score (nSPS) is 11.5. The third-order valence-corrected chi connectivity index (χ3v) is 2.64. The first kappa shape index (κ1) is 8.40. The maximum Gasteiger partial charge on any atom is 0.184 e. The molecule has 0 unspecified atom stereocenters. The highest BCUT2D eigenvalue weighted by atomic mass is 35.5. The number of hydrogen-bond acceptors (Lipinski definition) is 4. The monoisotopic (exact) mass is 212 g/mol. The molecular weight excluding hydrogens is 208 g/mol. The minimum Gasteiger partial charge on any atom is -0.305 e. The first-order chi connectivity index (χ1) is 6.29. The summed E-state index contributed by atoms with van der Waals surface area (Å²) in [6, 6.07) is 5.46. The van der Waals surface area contributed by atoms with Gasteiger partial charge >= 0.3 is 0 Å². The Bertz CT molecular complexity index is 464. The second-order valence-corrected chi connectivity index (χ2v) is 3.95. The molecule has 0 atom stereocenters. The molecule has 6 heteroatoms. The van der Waals surface area contributed by atoms with Crippen molar-refractivity contribution in [3.05, 3.63) is 22.7 Å². The molecule has 13 heavy (non-hydrogen) atoms. The molecule has 1 aromatic heterocycles. The zero-order valence-electron chi connectivity index (χ0n) is 6.44. The molecule has 0 spiro atoms. The van der Waals surface area contributed by atoms with Crippen LogP contribution in [0.4, 0.5) is 5.69 Å². The largest absolute Gasteiger partial charge is 0.305 e. The number of benzene rings is 1. The molecule has 0 aliphatic rings. The van der Waals surface area contributed by atoms with E-state index in [-0.39, 0.29) is 0 Å². The molecule has 0 amide bonds. The Morgan fingerprint density at radius 2 is 2.31 bits per heavy atom. The highest BCUT2D eigenvalue weighted by Crippen LogP contribution is 2.28. The van der Waals surface area contributed by atoms with Crippen molar-refractivity contribution in [1.82, 2.24) is 4.98 Å². The number of aromatic nitrogens is 1. The van der Waals surface area contributed by atoms with Gasteiger partial charge in [-0.2, -0.15) is 0 Å². The van der Waals surface area contributed by atoms with Crippen LogP contribution in [0.15, 0.2) is 28.5 Å². The van der Waals surface area contributed by atoms with E-state index in [0.717, 1.165) is 10.2 Å². The predicted octanol–water partition coefficient (Wildman–Crippen LogP) is 2.91. The Morgan fingerprint density at radius 3 is 3.08 bits per heavy atom. The van der Waals surface area contributed by atoms with Gasteiger partial charge in [-0.1, -0.05) is 16.8 Å². The lowest BCUT2D eigenvalue weighted by Gasteiger charge is -1.89. The van der Waals surface area contributed by atoms with Crippen molar-refractivity contribution in [2.24, 2.45) is 16.2 Å². The quantitative estimate of drug-likeness (QED) is 0.449. The molecule has 1 heterocycles. The van der Waals surface area contributed by atoms with Gasteiger partial charge in [0.15, 0.2) is 4.47 Å². The number of nitrogens with two attached hydrogens (primary N) is 1. The van der Waals surface area contributed by atoms with Gasteiger partial charge in [0, 0.05) is 0 Å². The Labute approximate surface area is 83.0 Å². The molecule has 0 bridgehead atoms. The Balaban J connectivity index is 2.61. The van der Waals surface area contributed by atoms with Crippen LogP contribution in [-0.2, 0) is 0 Å². The van der Waals surface area contributed by atoms with E-state index in [1.807, 2.05) is 12.1 Å². The first-order valence-corrected chi connectivity index (χ1v) is 4.66. The summed E-state index contributed by atoms with van der Waals surface area (Å²) in [5.41, 5.74) is 1.57. The van der Waals surface area contributed by atoms with Crippen molar-refractivity contribution in [1.29, 1.82) is 0 Å². The summed E-state index contributed by atoms with van der Waals surface area (Å²) >= 11 is 7.15. The molecule has 0 saturated heterocycles. The average Bonchev–Trinajstić information content (AvgIpc) is 2.44. The standard InChI is InChI=1S/C7H5ClN4S/c8-7-10-5-2-1-4(11-12-9)3-6(5)13-7/h1-3H,(H2,9,11). The van der Waals surface area contributed by atoms with Crippen molar-refractivity contribution in [2.75, 3.05) is 0 Å². The van der Waals surface area contributed by atoms with Gasteiger partial charge in [0.05, 0.1) is 15.9 Å². The molecule has 2 aromatic rings. The van der Waals surface area contributed by atoms with Gasteiger partial charge in [-0.15, -0.1) is 16.5 Å². The Morgan fingerprint density at radius 1 is 1.46 bits per heavy atom. The zero-order valence-corrected chi connectivity index (χ0v) is 8.01. The minimum atomic E-state index is 0.525. The second-order valence-electron chi connectivity index (χ2n) is 2.33. The molecule has 0 aliphatic heterocycles. The zero-order chi connectivity index (χ0) is 9.26. The lowest BCUT2D eigenvalue weighted by atomic mass is 10.3. The minimum absolute atomic E-state index is 0.525. The summed E-state index contributed by atoms with van der Waals surface area (Å²) in [5.74, 6) is 4.93.